The number of rotatable bonds is 3. The van der Waals surface area contributed by atoms with Gasteiger partial charge in [0.25, 0.3) is 5.91 Å². The number of aromatic amines is 1. The number of H-pyrrole nitrogens is 1. The van der Waals surface area contributed by atoms with Gasteiger partial charge in [0.1, 0.15) is 5.69 Å². The molecule has 144 valence electrons. The fraction of sp³-hybridized carbons (Fsp3) is 0.524. The Kier molecular flexibility index (Phi) is 5.39. The highest BCUT2D eigenvalue weighted by Crippen LogP contribution is 2.25. The maximum atomic E-state index is 12.8. The summed E-state index contributed by atoms with van der Waals surface area (Å²) in [5.41, 5.74) is 1.53. The first-order valence-electron chi connectivity index (χ1n) is 9.95. The normalized spacial score (nSPS) is 18.9. The molecule has 1 aromatic carbocycles. The zero-order valence-corrected chi connectivity index (χ0v) is 16.3. The summed E-state index contributed by atoms with van der Waals surface area (Å²) in [7, 11) is 0. The summed E-state index contributed by atoms with van der Waals surface area (Å²) in [5.74, 6) is 0.722. The Labute approximate surface area is 164 Å². The van der Waals surface area contributed by atoms with Gasteiger partial charge in [-0.15, -0.1) is 0 Å². The lowest BCUT2D eigenvalue weighted by molar-refractivity contribution is -0.133. The molecule has 4 rings (SSSR count). The third kappa shape index (κ3) is 4.13. The molecule has 2 saturated heterocycles. The first-order valence-corrected chi connectivity index (χ1v) is 10.3. The Morgan fingerprint density at radius 3 is 2.48 bits per heavy atom. The molecule has 0 atom stereocenters. The molecule has 0 bridgehead atoms. The number of benzene rings is 1. The largest absolute Gasteiger partial charge is 0.351 e. The van der Waals surface area contributed by atoms with Gasteiger partial charge in [-0.3, -0.25) is 9.59 Å². The maximum absolute atomic E-state index is 12.8. The lowest BCUT2D eigenvalue weighted by Gasteiger charge is -2.33. The molecule has 0 aliphatic carbocycles. The van der Waals surface area contributed by atoms with E-state index in [0.717, 1.165) is 49.7 Å². The Morgan fingerprint density at radius 1 is 1.00 bits per heavy atom. The second kappa shape index (κ2) is 7.93. The first kappa shape index (κ1) is 18.4. The maximum Gasteiger partial charge on any atom is 0.270 e. The lowest BCUT2D eigenvalue weighted by atomic mass is 9.92. The monoisotopic (exact) mass is 387 g/mol. The van der Waals surface area contributed by atoms with E-state index in [4.69, 9.17) is 11.6 Å². The number of halogens is 1. The van der Waals surface area contributed by atoms with Crippen LogP contribution in [0.15, 0.2) is 24.3 Å². The van der Waals surface area contributed by atoms with Crippen LogP contribution in [0.5, 0.6) is 0 Å². The average molecular weight is 388 g/mol. The number of hydrogen-bond donors (Lipinski definition) is 1. The Balaban J connectivity index is 1.32. The van der Waals surface area contributed by atoms with Gasteiger partial charge in [0.15, 0.2) is 0 Å². The van der Waals surface area contributed by atoms with E-state index in [1.165, 1.54) is 6.42 Å². The minimum absolute atomic E-state index is 0.0307. The number of amides is 2. The summed E-state index contributed by atoms with van der Waals surface area (Å²) in [6.45, 7) is 3.26. The number of hydrogen-bond acceptors (Lipinski definition) is 2. The van der Waals surface area contributed by atoms with Crippen LogP contribution in [-0.4, -0.2) is 52.8 Å². The third-order valence-corrected chi connectivity index (χ3v) is 6.12. The predicted molar refractivity (Wildman–Crippen MR) is 107 cm³/mol. The minimum Gasteiger partial charge on any atom is -0.351 e. The lowest BCUT2D eigenvalue weighted by Crippen LogP contribution is -2.41. The number of fused-ring (bicyclic) bond motifs is 1. The van der Waals surface area contributed by atoms with E-state index in [1.807, 2.05) is 34.1 Å². The molecule has 0 spiro atoms. The second-order valence-corrected chi connectivity index (χ2v) is 8.23. The van der Waals surface area contributed by atoms with Crippen LogP contribution in [0.25, 0.3) is 10.9 Å². The van der Waals surface area contributed by atoms with Crippen molar-refractivity contribution in [2.45, 2.75) is 38.5 Å². The number of nitrogens with one attached hydrogen (secondary N) is 1. The molecule has 27 heavy (non-hydrogen) atoms. The molecule has 6 heteroatoms. The van der Waals surface area contributed by atoms with Crippen LogP contribution in [-0.2, 0) is 4.79 Å². The van der Waals surface area contributed by atoms with Crippen molar-refractivity contribution in [3.8, 4) is 0 Å². The van der Waals surface area contributed by atoms with Crippen molar-refractivity contribution in [3.63, 3.8) is 0 Å². The first-order chi connectivity index (χ1) is 13.1. The van der Waals surface area contributed by atoms with Crippen molar-refractivity contribution in [2.24, 2.45) is 5.92 Å². The summed E-state index contributed by atoms with van der Waals surface area (Å²) in [6.07, 6.45) is 5.94. The predicted octanol–water partition coefficient (Wildman–Crippen LogP) is 4.08. The van der Waals surface area contributed by atoms with Gasteiger partial charge >= 0.3 is 0 Å². The van der Waals surface area contributed by atoms with Crippen molar-refractivity contribution in [1.29, 1.82) is 0 Å². The van der Waals surface area contributed by atoms with Gasteiger partial charge in [0.05, 0.1) is 0 Å². The zero-order valence-electron chi connectivity index (χ0n) is 15.5. The van der Waals surface area contributed by atoms with Crippen LogP contribution in [0.2, 0.25) is 5.02 Å². The van der Waals surface area contributed by atoms with E-state index in [9.17, 15) is 9.59 Å². The Hall–Kier alpha value is -2.01. The van der Waals surface area contributed by atoms with Crippen molar-refractivity contribution in [3.05, 3.63) is 35.0 Å². The quantitative estimate of drug-likeness (QED) is 0.862. The SMILES string of the molecule is O=C(CC1CCN(C(=O)c2cc3cc(Cl)ccc3[nH]2)CC1)N1CCCCC1. The standard InChI is InChI=1S/C21H26ClN3O2/c22-17-4-5-18-16(13-17)14-19(23-18)21(27)25-10-6-15(7-11-25)12-20(26)24-8-2-1-3-9-24/h4-5,13-15,23H,1-3,6-12H2. The molecule has 3 heterocycles. The fourth-order valence-electron chi connectivity index (χ4n) is 4.25. The molecule has 0 unspecified atom stereocenters. The topological polar surface area (TPSA) is 56.4 Å². The van der Waals surface area contributed by atoms with Gasteiger partial charge in [-0.25, -0.2) is 0 Å². The molecule has 2 amide bonds. The van der Waals surface area contributed by atoms with Crippen LogP contribution >= 0.6 is 11.6 Å². The summed E-state index contributed by atoms with van der Waals surface area (Å²) >= 11 is 6.03. The molecular formula is C21H26ClN3O2. The van der Waals surface area contributed by atoms with E-state index in [2.05, 4.69) is 4.98 Å². The highest BCUT2D eigenvalue weighted by atomic mass is 35.5. The zero-order chi connectivity index (χ0) is 18.8. The molecule has 1 N–H and O–H groups in total. The molecule has 2 fully saturated rings. The van der Waals surface area contributed by atoms with Crippen LogP contribution in [0, 0.1) is 5.92 Å². The molecule has 1 aromatic heterocycles. The Bertz CT molecular complexity index is 833. The van der Waals surface area contributed by atoms with E-state index in [-0.39, 0.29) is 5.91 Å². The van der Waals surface area contributed by atoms with Gasteiger partial charge < -0.3 is 14.8 Å². The van der Waals surface area contributed by atoms with Crippen molar-refractivity contribution < 1.29 is 9.59 Å². The highest BCUT2D eigenvalue weighted by Gasteiger charge is 2.27. The van der Waals surface area contributed by atoms with Crippen molar-refractivity contribution in [1.82, 2.24) is 14.8 Å². The summed E-state index contributed by atoms with van der Waals surface area (Å²) < 4.78 is 0. The molecular weight excluding hydrogens is 362 g/mol. The van der Waals surface area contributed by atoms with Crippen LogP contribution in [0.3, 0.4) is 0 Å². The van der Waals surface area contributed by atoms with Crippen LogP contribution in [0.4, 0.5) is 0 Å². The van der Waals surface area contributed by atoms with Gasteiger partial charge in [0, 0.05) is 48.5 Å². The van der Waals surface area contributed by atoms with E-state index >= 15 is 0 Å². The third-order valence-electron chi connectivity index (χ3n) is 5.89. The second-order valence-electron chi connectivity index (χ2n) is 7.80. The number of carbonyl (C=O) groups is 2. The van der Waals surface area contributed by atoms with Gasteiger partial charge in [-0.05, 0) is 62.3 Å². The number of aromatic nitrogens is 1. The summed E-state index contributed by atoms with van der Waals surface area (Å²) in [6, 6.07) is 7.45. The molecule has 2 aliphatic heterocycles. The Morgan fingerprint density at radius 2 is 1.74 bits per heavy atom. The van der Waals surface area contributed by atoms with Gasteiger partial charge in [-0.2, -0.15) is 0 Å². The smallest absolute Gasteiger partial charge is 0.270 e. The molecule has 5 nitrogen and oxygen atoms in total. The minimum atomic E-state index is 0.0307. The molecule has 0 saturated carbocycles. The molecule has 0 radical (unpaired) electrons. The summed E-state index contributed by atoms with van der Waals surface area (Å²) in [5, 5.41) is 1.62. The fourth-order valence-corrected chi connectivity index (χ4v) is 4.43. The number of piperidine rings is 2. The van der Waals surface area contributed by atoms with Gasteiger partial charge in [-0.1, -0.05) is 11.6 Å². The van der Waals surface area contributed by atoms with E-state index in [1.54, 1.807) is 0 Å². The van der Waals surface area contributed by atoms with Crippen LogP contribution in [0.1, 0.15) is 49.0 Å². The number of carbonyl (C=O) groups excluding carboxylic acids is 2. The van der Waals surface area contributed by atoms with Crippen molar-refractivity contribution in [2.75, 3.05) is 26.2 Å². The van der Waals surface area contributed by atoms with E-state index in [0.29, 0.717) is 42.1 Å². The number of likely N-dealkylation sites (tertiary alicyclic amines) is 2. The highest BCUT2D eigenvalue weighted by molar-refractivity contribution is 6.31. The van der Waals surface area contributed by atoms with E-state index < -0.39 is 0 Å². The van der Waals surface area contributed by atoms with Crippen LogP contribution < -0.4 is 0 Å². The molecule has 2 aliphatic rings. The number of nitrogens with zero attached hydrogens (tertiary/aromatic N) is 2. The summed E-state index contributed by atoms with van der Waals surface area (Å²) in [4.78, 5) is 32.4. The average Bonchev–Trinajstić information content (AvgIpc) is 3.12. The molecule has 2 aromatic rings. The van der Waals surface area contributed by atoms with Gasteiger partial charge in [0.2, 0.25) is 5.91 Å². The van der Waals surface area contributed by atoms with Crippen molar-refractivity contribution >= 4 is 34.3 Å².